The lowest BCUT2D eigenvalue weighted by Gasteiger charge is -2.18. The molecular weight excluding hydrogens is 562 g/mol. The Kier molecular flexibility index (Phi) is 36.5. The van der Waals surface area contributed by atoms with Gasteiger partial charge in [0.05, 0.1) is 13.0 Å². The average molecular weight is 642 g/mol. The molecule has 0 aliphatic carbocycles. The first-order valence-corrected chi connectivity index (χ1v) is 20.0. The Bertz CT molecular complexity index is 735. The van der Waals surface area contributed by atoms with Crippen LogP contribution in [0.15, 0.2) is 48.6 Å². The molecule has 0 heterocycles. The van der Waals surface area contributed by atoms with Crippen molar-refractivity contribution >= 4 is 5.97 Å². The van der Waals surface area contributed by atoms with Crippen molar-refractivity contribution in [3.8, 4) is 0 Å². The second-order valence-corrected chi connectivity index (χ2v) is 13.8. The van der Waals surface area contributed by atoms with Gasteiger partial charge < -0.3 is 9.64 Å². The van der Waals surface area contributed by atoms with Gasteiger partial charge in [0, 0.05) is 6.54 Å². The van der Waals surface area contributed by atoms with E-state index < -0.39 is 0 Å². The van der Waals surface area contributed by atoms with E-state index in [9.17, 15) is 4.79 Å². The Labute approximate surface area is 288 Å². The molecule has 0 saturated carbocycles. The van der Waals surface area contributed by atoms with Gasteiger partial charge in [0.15, 0.2) is 0 Å². The minimum Gasteiger partial charge on any atom is -0.465 e. The number of allylic oxidation sites excluding steroid dienone is 8. The molecule has 3 nitrogen and oxygen atoms in total. The number of carbonyl (C=O) groups is 1. The normalized spacial score (nSPS) is 13.0. The fourth-order valence-corrected chi connectivity index (χ4v) is 5.75. The standard InChI is InChI=1S/C43H79NO2/c1-5-7-9-11-13-15-17-19-21-22-24-26-28-30-32-34-36-38-42(41-46-43(45)39-40-44(3)4)37-35-33-31-29-27-25-23-20-18-16-14-12-10-8-6-2/h13-16,19-21,23,42H,5-12,17-18,22,24-41H2,1-4H3/b15-13-,16-14-,21-19-,23-20-. The summed E-state index contributed by atoms with van der Waals surface area (Å²) < 4.78 is 5.73. The average Bonchev–Trinajstić information content (AvgIpc) is 3.05. The maximum Gasteiger partial charge on any atom is 0.307 e. The van der Waals surface area contributed by atoms with E-state index in [1.807, 2.05) is 19.0 Å². The number of hydrogen-bond donors (Lipinski definition) is 0. The third-order valence-corrected chi connectivity index (χ3v) is 8.87. The highest BCUT2D eigenvalue weighted by Crippen LogP contribution is 2.20. The van der Waals surface area contributed by atoms with Gasteiger partial charge in [-0.15, -0.1) is 0 Å². The third kappa shape index (κ3) is 36.9. The van der Waals surface area contributed by atoms with Crippen LogP contribution in [-0.2, 0) is 9.53 Å². The highest BCUT2D eigenvalue weighted by Gasteiger charge is 2.12. The molecule has 3 heteroatoms. The molecule has 0 rings (SSSR count). The number of unbranched alkanes of at least 4 members (excludes halogenated alkanes) is 18. The van der Waals surface area contributed by atoms with Gasteiger partial charge in [0.2, 0.25) is 0 Å². The van der Waals surface area contributed by atoms with Crippen molar-refractivity contribution in [1.82, 2.24) is 4.90 Å². The maximum atomic E-state index is 12.2. The second-order valence-electron chi connectivity index (χ2n) is 13.8. The van der Waals surface area contributed by atoms with Crippen molar-refractivity contribution in [3.05, 3.63) is 48.6 Å². The lowest BCUT2D eigenvalue weighted by Crippen LogP contribution is -2.20. The summed E-state index contributed by atoms with van der Waals surface area (Å²) in [5.41, 5.74) is 0. The lowest BCUT2D eigenvalue weighted by molar-refractivity contribution is -0.145. The van der Waals surface area contributed by atoms with Crippen molar-refractivity contribution < 1.29 is 9.53 Å². The summed E-state index contributed by atoms with van der Waals surface area (Å²) in [5.74, 6) is 0.492. The van der Waals surface area contributed by atoms with Crippen molar-refractivity contribution in [3.63, 3.8) is 0 Å². The molecule has 0 aromatic heterocycles. The van der Waals surface area contributed by atoms with Gasteiger partial charge in [-0.2, -0.15) is 0 Å². The zero-order chi connectivity index (χ0) is 33.6. The van der Waals surface area contributed by atoms with Crippen LogP contribution in [-0.4, -0.2) is 38.1 Å². The molecule has 268 valence electrons. The van der Waals surface area contributed by atoms with E-state index in [4.69, 9.17) is 4.74 Å². The Morgan fingerprint density at radius 1 is 0.522 bits per heavy atom. The Morgan fingerprint density at radius 3 is 1.28 bits per heavy atom. The fourth-order valence-electron chi connectivity index (χ4n) is 5.75. The summed E-state index contributed by atoms with van der Waals surface area (Å²) in [5, 5.41) is 0. The molecule has 1 atom stereocenters. The van der Waals surface area contributed by atoms with E-state index in [1.54, 1.807) is 0 Å². The SMILES string of the molecule is CCCCC/C=C\C/C=C\CCCCCCCCCC(CCCCCCC/C=C\C/C=C\CCCCC)COC(=O)CCN(C)C. The molecule has 0 radical (unpaired) electrons. The summed E-state index contributed by atoms with van der Waals surface area (Å²) in [6.45, 7) is 5.91. The second kappa shape index (κ2) is 37.8. The number of carbonyl (C=O) groups excluding carboxylic acids is 1. The van der Waals surface area contributed by atoms with Gasteiger partial charge in [-0.1, -0.05) is 152 Å². The zero-order valence-electron chi connectivity index (χ0n) is 31.5. The van der Waals surface area contributed by atoms with Crippen LogP contribution < -0.4 is 0 Å². The van der Waals surface area contributed by atoms with Gasteiger partial charge in [0.25, 0.3) is 0 Å². The van der Waals surface area contributed by atoms with Gasteiger partial charge >= 0.3 is 5.97 Å². The van der Waals surface area contributed by atoms with Crippen LogP contribution in [0.3, 0.4) is 0 Å². The van der Waals surface area contributed by atoms with E-state index in [0.29, 0.717) is 18.9 Å². The molecule has 1 unspecified atom stereocenters. The highest BCUT2D eigenvalue weighted by molar-refractivity contribution is 5.69. The highest BCUT2D eigenvalue weighted by atomic mass is 16.5. The summed E-state index contributed by atoms with van der Waals surface area (Å²) in [4.78, 5) is 14.3. The van der Waals surface area contributed by atoms with Crippen LogP contribution in [0.4, 0.5) is 0 Å². The zero-order valence-corrected chi connectivity index (χ0v) is 31.5. The number of nitrogens with zero attached hydrogens (tertiary/aromatic N) is 1. The van der Waals surface area contributed by atoms with Crippen LogP contribution in [0, 0.1) is 5.92 Å². The number of rotatable bonds is 35. The van der Waals surface area contributed by atoms with E-state index in [-0.39, 0.29) is 5.97 Å². The Hall–Kier alpha value is -1.61. The smallest absolute Gasteiger partial charge is 0.307 e. The van der Waals surface area contributed by atoms with E-state index in [0.717, 1.165) is 19.4 Å². The largest absolute Gasteiger partial charge is 0.465 e. The molecule has 0 saturated heterocycles. The van der Waals surface area contributed by atoms with Crippen molar-refractivity contribution in [1.29, 1.82) is 0 Å². The lowest BCUT2D eigenvalue weighted by atomic mass is 9.94. The number of hydrogen-bond acceptors (Lipinski definition) is 3. The fraction of sp³-hybridized carbons (Fsp3) is 0.791. The molecular formula is C43H79NO2. The Morgan fingerprint density at radius 2 is 0.891 bits per heavy atom. The minimum atomic E-state index is -0.0348. The first-order chi connectivity index (χ1) is 22.6. The summed E-state index contributed by atoms with van der Waals surface area (Å²) in [6.07, 6.45) is 52.6. The maximum absolute atomic E-state index is 12.2. The summed E-state index contributed by atoms with van der Waals surface area (Å²) >= 11 is 0. The number of ether oxygens (including phenoxy) is 1. The van der Waals surface area contributed by atoms with Crippen LogP contribution in [0.1, 0.15) is 187 Å². The molecule has 0 amide bonds. The van der Waals surface area contributed by atoms with Crippen LogP contribution in [0.2, 0.25) is 0 Å². The predicted molar refractivity (Wildman–Crippen MR) is 206 cm³/mol. The Balaban J connectivity index is 4.00. The van der Waals surface area contributed by atoms with Gasteiger partial charge in [0.1, 0.15) is 0 Å². The summed E-state index contributed by atoms with van der Waals surface area (Å²) in [7, 11) is 4.01. The third-order valence-electron chi connectivity index (χ3n) is 8.87. The molecule has 0 aromatic carbocycles. The first-order valence-electron chi connectivity index (χ1n) is 20.0. The summed E-state index contributed by atoms with van der Waals surface area (Å²) in [6, 6.07) is 0. The molecule has 0 N–H and O–H groups in total. The van der Waals surface area contributed by atoms with Crippen LogP contribution >= 0.6 is 0 Å². The predicted octanol–water partition coefficient (Wildman–Crippen LogP) is 13.5. The molecule has 0 aliphatic heterocycles. The topological polar surface area (TPSA) is 29.5 Å². The van der Waals surface area contributed by atoms with E-state index in [1.165, 1.54) is 154 Å². The molecule has 0 aromatic rings. The van der Waals surface area contributed by atoms with Crippen LogP contribution in [0.25, 0.3) is 0 Å². The molecule has 0 bridgehead atoms. The van der Waals surface area contributed by atoms with E-state index in [2.05, 4.69) is 62.5 Å². The molecule has 0 fully saturated rings. The van der Waals surface area contributed by atoms with Crippen molar-refractivity contribution in [2.24, 2.45) is 5.92 Å². The molecule has 0 spiro atoms. The van der Waals surface area contributed by atoms with Crippen LogP contribution in [0.5, 0.6) is 0 Å². The van der Waals surface area contributed by atoms with E-state index >= 15 is 0 Å². The monoisotopic (exact) mass is 642 g/mol. The molecule has 0 aliphatic rings. The quantitative estimate of drug-likeness (QED) is 0.0392. The van der Waals surface area contributed by atoms with Gasteiger partial charge in [-0.05, 0) is 97.1 Å². The first kappa shape index (κ1) is 44.4. The van der Waals surface area contributed by atoms with Gasteiger partial charge in [-0.25, -0.2) is 0 Å². The van der Waals surface area contributed by atoms with Crippen molar-refractivity contribution in [2.75, 3.05) is 27.2 Å². The van der Waals surface area contributed by atoms with Gasteiger partial charge in [-0.3, -0.25) is 4.79 Å². The number of esters is 1. The minimum absolute atomic E-state index is 0.0348. The van der Waals surface area contributed by atoms with Crippen molar-refractivity contribution in [2.45, 2.75) is 187 Å². The molecule has 46 heavy (non-hydrogen) atoms.